The van der Waals surface area contributed by atoms with Crippen molar-refractivity contribution in [2.75, 3.05) is 0 Å². The van der Waals surface area contributed by atoms with Crippen LogP contribution in [0.4, 0.5) is 0 Å². The zero-order chi connectivity index (χ0) is 13.2. The highest BCUT2D eigenvalue weighted by Crippen LogP contribution is 2.17. The molecule has 2 heterocycles. The lowest BCUT2D eigenvalue weighted by Gasteiger charge is -2.06. The van der Waals surface area contributed by atoms with Crippen molar-refractivity contribution in [2.45, 2.75) is 13.5 Å². The Morgan fingerprint density at radius 2 is 2.00 bits per heavy atom. The summed E-state index contributed by atoms with van der Waals surface area (Å²) in [5.74, 6) is 1.49. The molecule has 96 valence electrons. The largest absolute Gasteiger partial charge is 0.486 e. The summed E-state index contributed by atoms with van der Waals surface area (Å²) in [4.78, 5) is 0. The molecular formula is C14H12ClN3O. The average Bonchev–Trinajstić information content (AvgIpc) is 2.81. The van der Waals surface area contributed by atoms with Crippen LogP contribution in [0.1, 0.15) is 11.4 Å². The molecule has 2 aromatic heterocycles. The first-order valence-corrected chi connectivity index (χ1v) is 6.30. The summed E-state index contributed by atoms with van der Waals surface area (Å²) in [6, 6.07) is 13.4. The van der Waals surface area contributed by atoms with Crippen LogP contribution >= 0.6 is 11.6 Å². The maximum atomic E-state index is 6.14. The minimum absolute atomic E-state index is 0.328. The van der Waals surface area contributed by atoms with Gasteiger partial charge >= 0.3 is 0 Å². The van der Waals surface area contributed by atoms with Gasteiger partial charge in [-0.3, -0.25) is 4.40 Å². The Hall–Kier alpha value is -2.07. The first kappa shape index (κ1) is 12.0. The lowest BCUT2D eigenvalue weighted by atomic mass is 10.2. The number of ether oxygens (including phenoxy) is 1. The summed E-state index contributed by atoms with van der Waals surface area (Å²) in [5.41, 5.74) is 1.87. The van der Waals surface area contributed by atoms with Crippen LogP contribution in [-0.2, 0) is 6.61 Å². The number of benzene rings is 1. The molecule has 0 bridgehead atoms. The van der Waals surface area contributed by atoms with Gasteiger partial charge in [-0.2, -0.15) is 0 Å². The van der Waals surface area contributed by atoms with Crippen molar-refractivity contribution in [2.24, 2.45) is 0 Å². The third-order valence-corrected chi connectivity index (χ3v) is 3.10. The molecule has 0 N–H and O–H groups in total. The van der Waals surface area contributed by atoms with Crippen LogP contribution < -0.4 is 4.74 Å². The van der Waals surface area contributed by atoms with Crippen LogP contribution in [0.5, 0.6) is 5.75 Å². The molecule has 0 atom stereocenters. The third kappa shape index (κ3) is 2.39. The number of nitrogens with zero attached hydrogens (tertiary/aromatic N) is 3. The molecular weight excluding hydrogens is 262 g/mol. The number of hydrogen-bond acceptors (Lipinski definition) is 3. The second-order valence-corrected chi connectivity index (χ2v) is 4.65. The summed E-state index contributed by atoms with van der Waals surface area (Å²) in [7, 11) is 0. The second kappa shape index (κ2) is 4.90. The van der Waals surface area contributed by atoms with E-state index in [-0.39, 0.29) is 0 Å². The Morgan fingerprint density at radius 3 is 2.84 bits per heavy atom. The van der Waals surface area contributed by atoms with E-state index in [1.54, 1.807) is 10.5 Å². The molecule has 0 spiro atoms. The van der Waals surface area contributed by atoms with Crippen molar-refractivity contribution >= 4 is 17.2 Å². The molecule has 0 saturated heterocycles. The normalized spacial score (nSPS) is 10.8. The number of aryl methyl sites for hydroxylation is 1. The molecule has 0 radical (unpaired) electrons. The maximum Gasteiger partial charge on any atom is 0.176 e. The molecule has 1 aromatic carbocycles. The van der Waals surface area contributed by atoms with E-state index >= 15 is 0 Å². The van der Waals surface area contributed by atoms with E-state index in [2.05, 4.69) is 10.2 Å². The maximum absolute atomic E-state index is 6.14. The standard InChI is InChI=1S/C14H12ClN3O/c1-10-4-2-5-11(8-10)19-9-14-17-16-13-7-3-6-12(15)18(13)14/h2-8H,9H2,1H3. The van der Waals surface area contributed by atoms with E-state index in [1.807, 2.05) is 43.3 Å². The summed E-state index contributed by atoms with van der Waals surface area (Å²) in [6.07, 6.45) is 0. The predicted molar refractivity (Wildman–Crippen MR) is 73.5 cm³/mol. The molecule has 0 amide bonds. The van der Waals surface area contributed by atoms with Crippen LogP contribution in [0, 0.1) is 6.92 Å². The Labute approximate surface area is 115 Å². The summed E-state index contributed by atoms with van der Waals surface area (Å²) in [6.45, 7) is 2.35. The fraction of sp³-hybridized carbons (Fsp3) is 0.143. The molecule has 5 heteroatoms. The zero-order valence-corrected chi connectivity index (χ0v) is 11.1. The Morgan fingerprint density at radius 1 is 1.16 bits per heavy atom. The monoisotopic (exact) mass is 273 g/mol. The van der Waals surface area contributed by atoms with Crippen LogP contribution in [0.15, 0.2) is 42.5 Å². The molecule has 0 fully saturated rings. The number of halogens is 1. The Balaban J connectivity index is 1.86. The molecule has 3 aromatic rings. The fourth-order valence-electron chi connectivity index (χ4n) is 1.91. The molecule has 19 heavy (non-hydrogen) atoms. The molecule has 0 aliphatic heterocycles. The molecule has 0 aliphatic rings. The zero-order valence-electron chi connectivity index (χ0n) is 10.4. The van der Waals surface area contributed by atoms with E-state index in [0.29, 0.717) is 17.6 Å². The Kier molecular flexibility index (Phi) is 3.09. The minimum Gasteiger partial charge on any atom is -0.486 e. The first-order valence-electron chi connectivity index (χ1n) is 5.92. The van der Waals surface area contributed by atoms with Gasteiger partial charge in [-0.25, -0.2) is 0 Å². The van der Waals surface area contributed by atoms with Crippen molar-refractivity contribution in [1.82, 2.24) is 14.6 Å². The summed E-state index contributed by atoms with van der Waals surface area (Å²) >= 11 is 6.14. The average molecular weight is 274 g/mol. The Bertz CT molecular complexity index is 724. The van der Waals surface area contributed by atoms with Crippen molar-refractivity contribution in [3.63, 3.8) is 0 Å². The van der Waals surface area contributed by atoms with E-state index in [9.17, 15) is 0 Å². The van der Waals surface area contributed by atoms with Crippen LogP contribution in [0.2, 0.25) is 5.15 Å². The van der Waals surface area contributed by atoms with E-state index < -0.39 is 0 Å². The fourth-order valence-corrected chi connectivity index (χ4v) is 2.16. The van der Waals surface area contributed by atoms with Crippen LogP contribution in [0.25, 0.3) is 5.65 Å². The molecule has 0 aliphatic carbocycles. The lowest BCUT2D eigenvalue weighted by Crippen LogP contribution is -2.02. The van der Waals surface area contributed by atoms with Crippen molar-refractivity contribution in [3.8, 4) is 5.75 Å². The quantitative estimate of drug-likeness (QED) is 0.688. The number of hydrogen-bond donors (Lipinski definition) is 0. The van der Waals surface area contributed by atoms with Crippen molar-refractivity contribution in [1.29, 1.82) is 0 Å². The van der Waals surface area contributed by atoms with Gasteiger partial charge < -0.3 is 4.74 Å². The second-order valence-electron chi connectivity index (χ2n) is 4.26. The summed E-state index contributed by atoms with van der Waals surface area (Å²) in [5, 5.41) is 8.73. The minimum atomic E-state index is 0.328. The van der Waals surface area contributed by atoms with Gasteiger partial charge in [0.2, 0.25) is 0 Å². The van der Waals surface area contributed by atoms with Gasteiger partial charge in [0, 0.05) is 0 Å². The highest BCUT2D eigenvalue weighted by Gasteiger charge is 2.08. The van der Waals surface area contributed by atoms with Gasteiger partial charge in [0.15, 0.2) is 11.5 Å². The van der Waals surface area contributed by atoms with Gasteiger partial charge in [-0.1, -0.05) is 29.8 Å². The number of rotatable bonds is 3. The van der Waals surface area contributed by atoms with Gasteiger partial charge in [0.05, 0.1) is 0 Å². The van der Waals surface area contributed by atoms with Gasteiger partial charge in [0.1, 0.15) is 17.5 Å². The number of aromatic nitrogens is 3. The van der Waals surface area contributed by atoms with Gasteiger partial charge in [-0.15, -0.1) is 10.2 Å². The third-order valence-electron chi connectivity index (χ3n) is 2.81. The molecule has 0 unspecified atom stereocenters. The molecule has 0 saturated carbocycles. The smallest absolute Gasteiger partial charge is 0.176 e. The van der Waals surface area contributed by atoms with Crippen molar-refractivity contribution in [3.05, 3.63) is 59.0 Å². The SMILES string of the molecule is Cc1cccc(OCc2nnc3cccc(Cl)n23)c1. The van der Waals surface area contributed by atoms with E-state index in [0.717, 1.165) is 17.0 Å². The van der Waals surface area contributed by atoms with E-state index in [1.165, 1.54) is 0 Å². The highest BCUT2D eigenvalue weighted by atomic mass is 35.5. The van der Waals surface area contributed by atoms with Crippen LogP contribution in [0.3, 0.4) is 0 Å². The summed E-state index contributed by atoms with van der Waals surface area (Å²) < 4.78 is 7.49. The van der Waals surface area contributed by atoms with E-state index in [4.69, 9.17) is 16.3 Å². The molecule has 4 nitrogen and oxygen atoms in total. The highest BCUT2D eigenvalue weighted by molar-refractivity contribution is 6.29. The number of fused-ring (bicyclic) bond motifs is 1. The van der Waals surface area contributed by atoms with Crippen LogP contribution in [-0.4, -0.2) is 14.6 Å². The van der Waals surface area contributed by atoms with Crippen molar-refractivity contribution < 1.29 is 4.74 Å². The molecule has 3 rings (SSSR count). The predicted octanol–water partition coefficient (Wildman–Crippen LogP) is 3.27. The number of pyridine rings is 1. The first-order chi connectivity index (χ1) is 9.24. The van der Waals surface area contributed by atoms with Gasteiger partial charge in [0.25, 0.3) is 0 Å². The topological polar surface area (TPSA) is 39.4 Å². The lowest BCUT2D eigenvalue weighted by molar-refractivity contribution is 0.294. The van der Waals surface area contributed by atoms with Gasteiger partial charge in [-0.05, 0) is 36.8 Å².